The number of benzene rings is 7. The van der Waals surface area contributed by atoms with Crippen molar-refractivity contribution in [1.29, 1.82) is 0 Å². The largest absolute Gasteiger partial charge is 0.456 e. The number of anilines is 3. The molecule has 0 N–H and O–H groups in total. The number of hydrogen-bond acceptors (Lipinski definition) is 3. The van der Waals surface area contributed by atoms with E-state index in [4.69, 9.17) is 4.74 Å². The van der Waals surface area contributed by atoms with E-state index in [9.17, 15) is 0 Å². The second-order valence-electron chi connectivity index (χ2n) is 13.0. The van der Waals surface area contributed by atoms with Crippen LogP contribution in [0.2, 0.25) is 0 Å². The van der Waals surface area contributed by atoms with Gasteiger partial charge in [0, 0.05) is 53.8 Å². The van der Waals surface area contributed by atoms with Crippen LogP contribution in [0.25, 0.3) is 42.4 Å². The predicted octanol–water partition coefficient (Wildman–Crippen LogP) is 13.3. The van der Waals surface area contributed by atoms with Crippen LogP contribution < -0.4 is 9.64 Å². The van der Waals surface area contributed by atoms with Gasteiger partial charge in [-0.1, -0.05) is 123 Å². The molecule has 1 aliphatic rings. The van der Waals surface area contributed by atoms with E-state index in [1.165, 1.54) is 53.6 Å². The van der Waals surface area contributed by atoms with E-state index in [1.807, 2.05) is 11.3 Å². The van der Waals surface area contributed by atoms with Gasteiger partial charge in [-0.2, -0.15) is 0 Å². The minimum atomic E-state index is -0.273. The molecule has 7 aromatic carbocycles. The highest BCUT2D eigenvalue weighted by molar-refractivity contribution is 7.25. The third-order valence-corrected chi connectivity index (χ3v) is 10.9. The summed E-state index contributed by atoms with van der Waals surface area (Å²) in [5.74, 6) is 1.90. The molecule has 230 valence electrons. The molecule has 0 unspecified atom stereocenters. The molecule has 0 amide bonds. The molecule has 1 aromatic heterocycles. The maximum Gasteiger partial charge on any atom is 0.140 e. The summed E-state index contributed by atoms with van der Waals surface area (Å²) in [5.41, 5.74) is 10.2. The maximum atomic E-state index is 6.87. The molecule has 48 heavy (non-hydrogen) atoms. The summed E-state index contributed by atoms with van der Waals surface area (Å²) in [7, 11) is 0. The van der Waals surface area contributed by atoms with Gasteiger partial charge in [-0.25, -0.2) is 0 Å². The third-order valence-electron chi connectivity index (χ3n) is 9.72. The first-order valence-electron chi connectivity index (χ1n) is 16.4. The summed E-state index contributed by atoms with van der Waals surface area (Å²) in [6.45, 7) is 4.65. The molecule has 0 spiro atoms. The van der Waals surface area contributed by atoms with Gasteiger partial charge in [0.25, 0.3) is 0 Å². The van der Waals surface area contributed by atoms with Crippen molar-refractivity contribution in [3.8, 4) is 33.8 Å². The predicted molar refractivity (Wildman–Crippen MR) is 204 cm³/mol. The number of rotatable bonds is 5. The summed E-state index contributed by atoms with van der Waals surface area (Å²) in [6, 6.07) is 58.8. The van der Waals surface area contributed by atoms with Gasteiger partial charge in [0.15, 0.2) is 0 Å². The van der Waals surface area contributed by atoms with Crippen molar-refractivity contribution in [2.24, 2.45) is 0 Å². The van der Waals surface area contributed by atoms with Crippen molar-refractivity contribution >= 4 is 48.6 Å². The quantitative estimate of drug-likeness (QED) is 0.187. The maximum absolute atomic E-state index is 6.87. The number of thiophene rings is 1. The molecule has 2 nitrogen and oxygen atoms in total. The second-order valence-corrected chi connectivity index (χ2v) is 14.1. The van der Waals surface area contributed by atoms with E-state index >= 15 is 0 Å². The highest BCUT2D eigenvalue weighted by Crippen LogP contribution is 2.54. The zero-order valence-corrected chi connectivity index (χ0v) is 27.7. The first-order valence-corrected chi connectivity index (χ1v) is 17.2. The Labute approximate surface area is 285 Å². The molecule has 0 aliphatic carbocycles. The van der Waals surface area contributed by atoms with Gasteiger partial charge in [0.1, 0.15) is 11.5 Å². The molecule has 0 bridgehead atoms. The van der Waals surface area contributed by atoms with E-state index in [-0.39, 0.29) is 5.41 Å². The summed E-state index contributed by atoms with van der Waals surface area (Å²) >= 11 is 1.83. The fourth-order valence-corrected chi connectivity index (χ4v) is 8.31. The molecule has 8 aromatic rings. The number of hydrogen-bond donors (Lipinski definition) is 0. The molecule has 3 heteroatoms. The average molecular weight is 636 g/mol. The number of fused-ring (bicyclic) bond motifs is 6. The van der Waals surface area contributed by atoms with Gasteiger partial charge in [0.2, 0.25) is 0 Å². The lowest BCUT2D eigenvalue weighted by atomic mass is 9.75. The Balaban J connectivity index is 1.19. The Morgan fingerprint density at radius 2 is 1.10 bits per heavy atom. The molecular formula is C45H33NOS. The van der Waals surface area contributed by atoms with Crippen LogP contribution in [0.15, 0.2) is 164 Å². The highest BCUT2D eigenvalue weighted by atomic mass is 32.1. The van der Waals surface area contributed by atoms with E-state index in [1.54, 1.807) is 0 Å². The van der Waals surface area contributed by atoms with Crippen molar-refractivity contribution in [2.45, 2.75) is 19.3 Å². The van der Waals surface area contributed by atoms with Gasteiger partial charge >= 0.3 is 0 Å². The fraction of sp³-hybridized carbons (Fsp3) is 0.0667. The average Bonchev–Trinajstić information content (AvgIpc) is 3.53. The summed E-state index contributed by atoms with van der Waals surface area (Å²) in [6.07, 6.45) is 0. The van der Waals surface area contributed by atoms with E-state index in [0.29, 0.717) is 0 Å². The molecule has 0 radical (unpaired) electrons. The van der Waals surface area contributed by atoms with Crippen LogP contribution in [0, 0.1) is 0 Å². The Bertz CT molecular complexity index is 2440. The summed E-state index contributed by atoms with van der Waals surface area (Å²) in [4.78, 5) is 2.36. The lowest BCUT2D eigenvalue weighted by molar-refractivity contribution is 0.423. The van der Waals surface area contributed by atoms with Crippen molar-refractivity contribution in [1.82, 2.24) is 0 Å². The molecule has 0 saturated carbocycles. The van der Waals surface area contributed by atoms with Crippen LogP contribution in [0.1, 0.15) is 25.0 Å². The smallest absolute Gasteiger partial charge is 0.140 e. The second kappa shape index (κ2) is 11.3. The first kappa shape index (κ1) is 28.6. The minimum absolute atomic E-state index is 0.273. The molecule has 2 heterocycles. The zero-order chi connectivity index (χ0) is 32.2. The first-order chi connectivity index (χ1) is 23.5. The van der Waals surface area contributed by atoms with Crippen LogP contribution in [-0.4, -0.2) is 0 Å². The van der Waals surface area contributed by atoms with E-state index < -0.39 is 0 Å². The van der Waals surface area contributed by atoms with Gasteiger partial charge in [-0.3, -0.25) is 0 Å². The molecular weight excluding hydrogens is 603 g/mol. The van der Waals surface area contributed by atoms with Crippen LogP contribution in [0.4, 0.5) is 17.1 Å². The minimum Gasteiger partial charge on any atom is -0.456 e. The Hall–Kier alpha value is -5.64. The van der Waals surface area contributed by atoms with E-state index in [2.05, 4.69) is 183 Å². The van der Waals surface area contributed by atoms with Crippen LogP contribution in [0.3, 0.4) is 0 Å². The summed E-state index contributed by atoms with van der Waals surface area (Å²) < 4.78 is 9.41. The Morgan fingerprint density at radius 3 is 1.88 bits per heavy atom. The molecule has 0 fully saturated rings. The fourth-order valence-electron chi connectivity index (χ4n) is 7.21. The van der Waals surface area contributed by atoms with Crippen molar-refractivity contribution in [3.05, 3.63) is 175 Å². The van der Waals surface area contributed by atoms with Gasteiger partial charge in [-0.05, 0) is 76.9 Å². The van der Waals surface area contributed by atoms with Crippen LogP contribution >= 0.6 is 11.3 Å². The van der Waals surface area contributed by atoms with Gasteiger partial charge < -0.3 is 9.64 Å². The SMILES string of the molecule is CC1(C)c2cc(N(c3ccc(-c4ccccc4)cc3)c3cccc(-c4ccccc4)c3)ccc2Oc2c1ccc1sc3ccccc3c21. The number of nitrogens with zero attached hydrogens (tertiary/aromatic N) is 1. The molecule has 0 atom stereocenters. The third kappa shape index (κ3) is 4.70. The monoisotopic (exact) mass is 635 g/mol. The summed E-state index contributed by atoms with van der Waals surface area (Å²) in [5, 5.41) is 2.47. The Morgan fingerprint density at radius 1 is 0.479 bits per heavy atom. The zero-order valence-electron chi connectivity index (χ0n) is 26.9. The van der Waals surface area contributed by atoms with E-state index in [0.717, 1.165) is 28.6 Å². The van der Waals surface area contributed by atoms with Crippen molar-refractivity contribution < 1.29 is 4.74 Å². The molecule has 1 aliphatic heterocycles. The normalized spacial score (nSPS) is 13.1. The molecule has 9 rings (SSSR count). The highest BCUT2D eigenvalue weighted by Gasteiger charge is 2.36. The number of ether oxygens (including phenoxy) is 1. The van der Waals surface area contributed by atoms with Crippen LogP contribution in [0.5, 0.6) is 11.5 Å². The van der Waals surface area contributed by atoms with Crippen LogP contribution in [-0.2, 0) is 5.41 Å². The van der Waals surface area contributed by atoms with Crippen molar-refractivity contribution in [3.63, 3.8) is 0 Å². The lowest BCUT2D eigenvalue weighted by Crippen LogP contribution is -2.25. The lowest BCUT2D eigenvalue weighted by Gasteiger charge is -2.36. The van der Waals surface area contributed by atoms with Crippen molar-refractivity contribution in [2.75, 3.05) is 4.90 Å². The van der Waals surface area contributed by atoms with Gasteiger partial charge in [-0.15, -0.1) is 11.3 Å². The standard InChI is InChI=1S/C45H33NOS/c1-45(2)38-25-27-42-43(37-18-9-10-19-41(37)48-42)44(38)47-40-26-24-36(29-39(40)45)46(34-22-20-32(21-23-34)30-12-5-3-6-13-30)35-17-11-16-33(28-35)31-14-7-4-8-15-31/h3-29H,1-2H3. The Kier molecular flexibility index (Phi) is 6.70. The van der Waals surface area contributed by atoms with Gasteiger partial charge in [0.05, 0.1) is 0 Å². The topological polar surface area (TPSA) is 12.5 Å². The molecule has 0 saturated heterocycles.